The topological polar surface area (TPSA) is 80.9 Å². The van der Waals surface area contributed by atoms with E-state index in [-0.39, 0.29) is 16.6 Å². The number of halogens is 3. The van der Waals surface area contributed by atoms with Gasteiger partial charge < -0.3 is 24.3 Å². The van der Waals surface area contributed by atoms with E-state index in [2.05, 4.69) is 9.47 Å². The largest absolute Gasteiger partial charge is 0.586 e. The number of aliphatic hydroxyl groups excluding tert-OH is 1. The van der Waals surface area contributed by atoms with Gasteiger partial charge in [0.2, 0.25) is 0 Å². The highest BCUT2D eigenvalue weighted by Crippen LogP contribution is 2.52. The summed E-state index contributed by atoms with van der Waals surface area (Å²) in [5.74, 6) is -4.89. The lowest BCUT2D eigenvalue weighted by atomic mass is 9.86. The molecule has 0 bridgehead atoms. The molecule has 3 aromatic rings. The SMILES string of the molecule is [2H]c1c([2H])c(C2(C(=O)Cc3cc4cc(C(C)(C([2H])([2H])[2H])C([2H])([2H])C)n(C[C@]([2H])(O)CO)c4cc3F)C([2H])([2H])C2([2H])[2H])c([2H])c2c1OC(F)(F)O2. The number of aromatic nitrogens is 1. The molecule has 1 fully saturated rings. The Hall–Kier alpha value is -3.04. The number of ether oxygens (including phenoxy) is 2. The van der Waals surface area contributed by atoms with Gasteiger partial charge in [-0.15, -0.1) is 8.78 Å². The van der Waals surface area contributed by atoms with Crippen molar-refractivity contribution in [3.63, 3.8) is 0 Å². The van der Waals surface area contributed by atoms with Crippen LogP contribution in [0.3, 0.4) is 0 Å². The number of alkyl halides is 2. The molecule has 1 saturated carbocycles. The second kappa shape index (κ2) is 8.77. The van der Waals surface area contributed by atoms with Gasteiger partial charge in [-0.1, -0.05) is 26.7 Å². The molecule has 9 heteroatoms. The summed E-state index contributed by atoms with van der Waals surface area (Å²) in [4.78, 5) is 14.1. The van der Waals surface area contributed by atoms with Gasteiger partial charge in [-0.2, -0.15) is 0 Å². The maximum atomic E-state index is 15.9. The summed E-state index contributed by atoms with van der Waals surface area (Å²) < 4.78 is 161. The Labute approximate surface area is 230 Å². The molecule has 1 aliphatic heterocycles. The van der Waals surface area contributed by atoms with E-state index in [0.717, 1.165) is 36.6 Å². The third kappa shape index (κ3) is 4.48. The van der Waals surface area contributed by atoms with Crippen LogP contribution < -0.4 is 9.47 Å². The van der Waals surface area contributed by atoms with Gasteiger partial charge >= 0.3 is 6.29 Å². The first kappa shape index (κ1) is 14.2. The molecule has 0 radical (unpaired) electrons. The number of hydrogen-bond donors (Lipinski definition) is 2. The second-order valence-corrected chi connectivity index (χ2v) is 8.89. The van der Waals surface area contributed by atoms with E-state index < -0.39 is 121 Å². The number of fused-ring (bicyclic) bond motifs is 2. The minimum Gasteiger partial charge on any atom is -0.395 e. The van der Waals surface area contributed by atoms with E-state index in [1.54, 1.807) is 0 Å². The molecule has 198 valence electrons. The third-order valence-electron chi connectivity index (χ3n) is 6.31. The van der Waals surface area contributed by atoms with Crippen LogP contribution >= 0.6 is 0 Å². The van der Waals surface area contributed by atoms with Crippen LogP contribution in [0.25, 0.3) is 10.9 Å². The summed E-state index contributed by atoms with van der Waals surface area (Å²) in [6, 6.07) is -0.713. The number of rotatable bonds is 9. The van der Waals surface area contributed by atoms with E-state index in [1.807, 2.05) is 0 Å². The lowest BCUT2D eigenvalue weighted by Gasteiger charge is -2.26. The van der Waals surface area contributed by atoms with Crippen molar-refractivity contribution in [2.24, 2.45) is 0 Å². The minimum atomic E-state index is -4.40. The number of Topliss-reactive ketones (excluding diaryl/α,β-unsaturated/α-hetero) is 1. The lowest BCUT2D eigenvalue weighted by Crippen LogP contribution is -2.26. The summed E-state index contributed by atoms with van der Waals surface area (Å²) in [7, 11) is 0. The van der Waals surface area contributed by atoms with Crippen LogP contribution in [0.2, 0.25) is 0 Å². The Morgan fingerprint density at radius 2 is 2.08 bits per heavy atom. The summed E-state index contributed by atoms with van der Waals surface area (Å²) in [5, 5.41) is 19.9. The molecule has 2 heterocycles. The van der Waals surface area contributed by atoms with E-state index >= 15 is 4.39 Å². The van der Waals surface area contributed by atoms with Gasteiger partial charge in [0.1, 0.15) is 11.6 Å². The monoisotopic (exact) mass is 530 g/mol. The Morgan fingerprint density at radius 1 is 1.35 bits per heavy atom. The average Bonchev–Trinajstić information content (AvgIpc) is 3.27. The van der Waals surface area contributed by atoms with Crippen molar-refractivity contribution < 1.29 is 55.5 Å². The zero-order valence-corrected chi connectivity index (χ0v) is 19.6. The predicted octanol–water partition coefficient (Wildman–Crippen LogP) is 4.99. The predicted molar refractivity (Wildman–Crippen MR) is 131 cm³/mol. The standard InChI is InChI=1S/C28H30F3NO5/c1-4-26(2,3)24-10-17-9-16(20(29)13-21(17)32(24)14-19(34)15-33)11-25(35)27(7-8-27)18-5-6-22-23(12-18)37-28(30,31)36-22/h5-6,9-10,12-13,19,33-34H,4,7-8,11,14-15H2,1-3H3/t19-/m0/s1/i2D3,4D2,5D,6D,7D2,8D2,12D,19D/t19-,26?. The maximum absolute atomic E-state index is 15.9. The third-order valence-corrected chi connectivity index (χ3v) is 6.31. The molecule has 2 aliphatic rings. The molecule has 0 saturated heterocycles. The van der Waals surface area contributed by atoms with Crippen LogP contribution in [0, 0.1) is 5.82 Å². The fourth-order valence-corrected chi connectivity index (χ4v) is 4.15. The molecule has 1 unspecified atom stereocenters. The quantitative estimate of drug-likeness (QED) is 0.408. The van der Waals surface area contributed by atoms with Crippen molar-refractivity contribution in [2.45, 2.75) is 76.0 Å². The molecule has 2 atom stereocenters. The van der Waals surface area contributed by atoms with Gasteiger partial charge in [0.05, 0.1) is 35.6 Å². The molecule has 6 nitrogen and oxygen atoms in total. The fourth-order valence-electron chi connectivity index (χ4n) is 4.15. The van der Waals surface area contributed by atoms with Crippen LogP contribution in [0.15, 0.2) is 36.3 Å². The van der Waals surface area contributed by atoms with Gasteiger partial charge in [-0.05, 0) is 60.5 Å². The highest BCUT2D eigenvalue weighted by atomic mass is 19.3. The van der Waals surface area contributed by atoms with Gasteiger partial charge in [-0.25, -0.2) is 4.39 Å². The Kier molecular flexibility index (Phi) is 3.37. The maximum Gasteiger partial charge on any atom is 0.586 e. The summed E-state index contributed by atoms with van der Waals surface area (Å²) >= 11 is 0. The van der Waals surface area contributed by atoms with Crippen LogP contribution in [0.5, 0.6) is 11.5 Å². The van der Waals surface area contributed by atoms with Crippen molar-refractivity contribution in [3.05, 3.63) is 59.0 Å². The first-order valence-electron chi connectivity index (χ1n) is 17.5. The molecule has 2 N–H and O–H groups in total. The minimum absolute atomic E-state index is 0.0744. The first-order valence-corrected chi connectivity index (χ1v) is 11.0. The van der Waals surface area contributed by atoms with Crippen LogP contribution in [0.4, 0.5) is 13.2 Å². The smallest absolute Gasteiger partial charge is 0.395 e. The van der Waals surface area contributed by atoms with E-state index in [0.29, 0.717) is 0 Å². The molecular formula is C28H30F3NO5. The number of nitrogens with zero attached hydrogens (tertiary/aromatic N) is 1. The summed E-state index contributed by atoms with van der Waals surface area (Å²) in [6.45, 7) is -3.10. The first-order chi connectivity index (χ1) is 22.4. The average molecular weight is 531 g/mol. The summed E-state index contributed by atoms with van der Waals surface area (Å²) in [5.41, 5.74) is -7.73. The van der Waals surface area contributed by atoms with E-state index in [9.17, 15) is 23.8 Å². The van der Waals surface area contributed by atoms with Crippen molar-refractivity contribution in [3.8, 4) is 11.5 Å². The van der Waals surface area contributed by atoms with Crippen LogP contribution in [-0.4, -0.2) is 39.5 Å². The number of carbonyl (C=O) groups excluding carboxylic acids is 1. The van der Waals surface area contributed by atoms with Gasteiger partial charge in [0, 0.05) is 35.3 Å². The van der Waals surface area contributed by atoms with Gasteiger partial charge in [-0.3, -0.25) is 4.79 Å². The van der Waals surface area contributed by atoms with Gasteiger partial charge in [0.25, 0.3) is 0 Å². The van der Waals surface area contributed by atoms with E-state index in [4.69, 9.17) is 17.8 Å². The highest BCUT2D eigenvalue weighted by molar-refractivity contribution is 5.95. The molecule has 2 aromatic carbocycles. The molecule has 0 spiro atoms. The lowest BCUT2D eigenvalue weighted by molar-refractivity contribution is -0.286. The van der Waals surface area contributed by atoms with Crippen molar-refractivity contribution in [1.29, 1.82) is 0 Å². The highest BCUT2D eigenvalue weighted by Gasteiger charge is 2.52. The molecule has 0 amide bonds. The normalized spacial score (nSPS) is 29.0. The number of ketones is 1. The number of benzene rings is 2. The Balaban J connectivity index is 1.71. The number of hydrogen-bond acceptors (Lipinski definition) is 5. The fraction of sp³-hybridized carbons (Fsp3) is 0.464. The van der Waals surface area contributed by atoms with Crippen molar-refractivity contribution in [1.82, 2.24) is 4.57 Å². The molecule has 1 aromatic heterocycles. The number of carbonyl (C=O) groups is 1. The Bertz CT molecular complexity index is 1910. The van der Waals surface area contributed by atoms with Crippen molar-refractivity contribution >= 4 is 16.7 Å². The zero-order valence-electron chi connectivity index (χ0n) is 32.6. The van der Waals surface area contributed by atoms with Gasteiger partial charge in [0.15, 0.2) is 11.5 Å². The Morgan fingerprint density at radius 3 is 2.73 bits per heavy atom. The number of aliphatic hydroxyl groups is 2. The molecular weight excluding hydrogens is 487 g/mol. The zero-order chi connectivity index (χ0) is 38.2. The van der Waals surface area contributed by atoms with Crippen molar-refractivity contribution in [2.75, 3.05) is 6.61 Å². The van der Waals surface area contributed by atoms with Crippen LogP contribution in [0.1, 0.15) is 74.5 Å². The van der Waals surface area contributed by atoms with E-state index in [1.165, 1.54) is 0 Å². The molecule has 1 aliphatic carbocycles. The molecule has 37 heavy (non-hydrogen) atoms. The van der Waals surface area contributed by atoms with Crippen LogP contribution in [-0.2, 0) is 28.6 Å². The molecule has 5 rings (SSSR count). The second-order valence-electron chi connectivity index (χ2n) is 8.89. The summed E-state index contributed by atoms with van der Waals surface area (Å²) in [6.07, 6.45) is -17.2.